The summed E-state index contributed by atoms with van der Waals surface area (Å²) < 4.78 is 53.3. The predicted molar refractivity (Wildman–Crippen MR) is 75.9 cm³/mol. The topological polar surface area (TPSA) is 15.3 Å². The Morgan fingerprint density at radius 1 is 1.18 bits per heavy atom. The van der Waals surface area contributed by atoms with Crippen molar-refractivity contribution in [2.24, 2.45) is 5.92 Å². The molecule has 1 N–H and O–H groups in total. The average molecular weight is 316 g/mol. The van der Waals surface area contributed by atoms with E-state index in [1.807, 2.05) is 0 Å². The van der Waals surface area contributed by atoms with Gasteiger partial charge in [-0.1, -0.05) is 18.9 Å². The molecule has 2 aliphatic rings. The first-order chi connectivity index (χ1) is 10.4. The first kappa shape index (κ1) is 15.7. The van der Waals surface area contributed by atoms with E-state index in [1.54, 1.807) is 0 Å². The number of alkyl halides is 3. The monoisotopic (exact) mass is 316 g/mol. The zero-order valence-corrected chi connectivity index (χ0v) is 12.3. The van der Waals surface area contributed by atoms with Crippen molar-refractivity contribution in [1.29, 1.82) is 0 Å². The summed E-state index contributed by atoms with van der Waals surface area (Å²) in [5.74, 6) is -0.326. The second kappa shape index (κ2) is 6.16. The second-order valence-corrected chi connectivity index (χ2v) is 6.21. The highest BCUT2D eigenvalue weighted by Crippen LogP contribution is 2.43. The lowest BCUT2D eigenvalue weighted by atomic mass is 9.93. The lowest BCUT2D eigenvalue weighted by molar-refractivity contribution is -0.139. The third-order valence-corrected chi connectivity index (χ3v) is 4.53. The summed E-state index contributed by atoms with van der Waals surface area (Å²) in [6.07, 6.45) is -1.61. The van der Waals surface area contributed by atoms with Crippen LogP contribution in [0.1, 0.15) is 36.4 Å². The molecule has 0 amide bonds. The number of rotatable bonds is 4. The van der Waals surface area contributed by atoms with Gasteiger partial charge in [-0.3, -0.25) is 4.90 Å². The van der Waals surface area contributed by atoms with Crippen LogP contribution in [-0.2, 0) is 6.18 Å². The van der Waals surface area contributed by atoms with Crippen LogP contribution in [0.3, 0.4) is 0 Å². The molecule has 1 atom stereocenters. The Hall–Kier alpha value is -1.14. The molecule has 122 valence electrons. The standard InChI is InChI=1S/C16H20F4N2/c17-12-3-4-13(14(10-12)16(18,19)20)15(9-11-1-2-11)22-7-5-21-6-8-22/h3-4,10-11,15,21H,1-2,5-9H2/t15-/m1/s1. The van der Waals surface area contributed by atoms with Crippen molar-refractivity contribution in [3.63, 3.8) is 0 Å². The highest BCUT2D eigenvalue weighted by atomic mass is 19.4. The SMILES string of the molecule is Fc1ccc([C@@H](CC2CC2)N2CCNCC2)c(C(F)(F)F)c1. The number of nitrogens with zero attached hydrogens (tertiary/aromatic N) is 1. The van der Waals surface area contributed by atoms with Gasteiger partial charge in [0.25, 0.3) is 0 Å². The third-order valence-electron chi connectivity index (χ3n) is 4.53. The van der Waals surface area contributed by atoms with Crippen LogP contribution in [-0.4, -0.2) is 31.1 Å². The summed E-state index contributed by atoms with van der Waals surface area (Å²) in [4.78, 5) is 2.11. The van der Waals surface area contributed by atoms with Crippen LogP contribution < -0.4 is 5.32 Å². The van der Waals surface area contributed by atoms with Crippen molar-refractivity contribution in [2.75, 3.05) is 26.2 Å². The molecular formula is C16H20F4N2. The third kappa shape index (κ3) is 3.60. The summed E-state index contributed by atoms with van der Waals surface area (Å²) >= 11 is 0. The molecule has 1 aliphatic carbocycles. The van der Waals surface area contributed by atoms with Crippen LogP contribution >= 0.6 is 0 Å². The highest BCUT2D eigenvalue weighted by Gasteiger charge is 2.39. The van der Waals surface area contributed by atoms with E-state index < -0.39 is 17.6 Å². The molecule has 0 radical (unpaired) electrons. The number of hydrogen-bond donors (Lipinski definition) is 1. The van der Waals surface area contributed by atoms with E-state index in [4.69, 9.17) is 0 Å². The van der Waals surface area contributed by atoms with Crippen LogP contribution in [0.5, 0.6) is 0 Å². The summed E-state index contributed by atoms with van der Waals surface area (Å²) in [5, 5.41) is 3.22. The molecule has 0 spiro atoms. The van der Waals surface area contributed by atoms with Gasteiger partial charge >= 0.3 is 6.18 Å². The highest BCUT2D eigenvalue weighted by molar-refractivity contribution is 5.33. The fourth-order valence-electron chi connectivity index (χ4n) is 3.20. The molecule has 0 aromatic heterocycles. The minimum Gasteiger partial charge on any atom is -0.314 e. The summed E-state index contributed by atoms with van der Waals surface area (Å²) in [6, 6.07) is 2.84. The Bertz CT molecular complexity index is 519. The Kier molecular flexibility index (Phi) is 4.41. The minimum atomic E-state index is -4.52. The van der Waals surface area contributed by atoms with Gasteiger partial charge in [0.2, 0.25) is 0 Å². The number of nitrogens with one attached hydrogen (secondary N) is 1. The van der Waals surface area contributed by atoms with Gasteiger partial charge in [0.05, 0.1) is 5.56 Å². The maximum Gasteiger partial charge on any atom is 0.416 e. The number of halogens is 4. The lowest BCUT2D eigenvalue weighted by Gasteiger charge is -2.36. The Morgan fingerprint density at radius 3 is 2.45 bits per heavy atom. The van der Waals surface area contributed by atoms with E-state index in [9.17, 15) is 17.6 Å². The zero-order chi connectivity index (χ0) is 15.7. The number of piperazine rings is 1. The molecule has 2 fully saturated rings. The van der Waals surface area contributed by atoms with E-state index in [2.05, 4.69) is 10.2 Å². The molecule has 1 saturated heterocycles. The van der Waals surface area contributed by atoms with Crippen LogP contribution in [0.2, 0.25) is 0 Å². The maximum absolute atomic E-state index is 13.3. The van der Waals surface area contributed by atoms with Gasteiger partial charge in [-0.15, -0.1) is 0 Å². The quantitative estimate of drug-likeness (QED) is 0.854. The molecule has 1 aromatic carbocycles. The molecule has 2 nitrogen and oxygen atoms in total. The van der Waals surface area contributed by atoms with E-state index in [0.29, 0.717) is 12.0 Å². The fraction of sp³-hybridized carbons (Fsp3) is 0.625. The minimum absolute atomic E-state index is 0.225. The maximum atomic E-state index is 13.3. The van der Waals surface area contributed by atoms with Gasteiger partial charge in [-0.05, 0) is 30.0 Å². The first-order valence-corrected chi connectivity index (χ1v) is 7.76. The smallest absolute Gasteiger partial charge is 0.314 e. The van der Waals surface area contributed by atoms with Crippen molar-refractivity contribution in [3.8, 4) is 0 Å². The summed E-state index contributed by atoms with van der Waals surface area (Å²) in [5.41, 5.74) is -0.598. The fourth-order valence-corrected chi connectivity index (χ4v) is 3.20. The Morgan fingerprint density at radius 2 is 1.86 bits per heavy atom. The molecule has 1 heterocycles. The van der Waals surface area contributed by atoms with Gasteiger partial charge in [0.1, 0.15) is 5.82 Å². The molecular weight excluding hydrogens is 296 g/mol. The van der Waals surface area contributed by atoms with Crippen LogP contribution in [0, 0.1) is 11.7 Å². The van der Waals surface area contributed by atoms with E-state index in [0.717, 1.165) is 51.5 Å². The molecule has 0 bridgehead atoms. The van der Waals surface area contributed by atoms with Gasteiger partial charge in [0.15, 0.2) is 0 Å². The van der Waals surface area contributed by atoms with Crippen LogP contribution in [0.15, 0.2) is 18.2 Å². The molecule has 3 rings (SSSR count). The molecule has 1 aromatic rings. The summed E-state index contributed by atoms with van der Waals surface area (Å²) in [6.45, 7) is 3.02. The van der Waals surface area contributed by atoms with Crippen LogP contribution in [0.4, 0.5) is 17.6 Å². The van der Waals surface area contributed by atoms with E-state index in [1.165, 1.54) is 6.07 Å². The van der Waals surface area contributed by atoms with Crippen molar-refractivity contribution in [2.45, 2.75) is 31.5 Å². The first-order valence-electron chi connectivity index (χ1n) is 7.76. The average Bonchev–Trinajstić information content (AvgIpc) is 3.29. The van der Waals surface area contributed by atoms with Gasteiger partial charge in [0, 0.05) is 32.2 Å². The van der Waals surface area contributed by atoms with Crippen molar-refractivity contribution < 1.29 is 17.6 Å². The van der Waals surface area contributed by atoms with Crippen molar-refractivity contribution in [3.05, 3.63) is 35.1 Å². The van der Waals surface area contributed by atoms with Crippen molar-refractivity contribution in [1.82, 2.24) is 10.2 Å². The van der Waals surface area contributed by atoms with Crippen molar-refractivity contribution >= 4 is 0 Å². The zero-order valence-electron chi connectivity index (χ0n) is 12.3. The lowest BCUT2D eigenvalue weighted by Crippen LogP contribution is -2.45. The second-order valence-electron chi connectivity index (χ2n) is 6.21. The normalized spacial score (nSPS) is 21.8. The van der Waals surface area contributed by atoms with Gasteiger partial charge < -0.3 is 5.32 Å². The molecule has 22 heavy (non-hydrogen) atoms. The predicted octanol–water partition coefficient (Wildman–Crippen LogP) is 3.59. The molecule has 1 saturated carbocycles. The molecule has 1 aliphatic heterocycles. The largest absolute Gasteiger partial charge is 0.416 e. The Balaban J connectivity index is 1.95. The number of benzene rings is 1. The van der Waals surface area contributed by atoms with Gasteiger partial charge in [-0.2, -0.15) is 13.2 Å². The van der Waals surface area contributed by atoms with E-state index >= 15 is 0 Å². The van der Waals surface area contributed by atoms with Crippen LogP contribution in [0.25, 0.3) is 0 Å². The number of hydrogen-bond acceptors (Lipinski definition) is 2. The Labute approximate surface area is 127 Å². The summed E-state index contributed by atoms with van der Waals surface area (Å²) in [7, 11) is 0. The van der Waals surface area contributed by atoms with Gasteiger partial charge in [-0.25, -0.2) is 4.39 Å². The molecule has 0 unspecified atom stereocenters. The molecule has 6 heteroatoms. The van der Waals surface area contributed by atoms with E-state index in [-0.39, 0.29) is 11.6 Å².